The molecule has 1 heterocycles. The quantitative estimate of drug-likeness (QED) is 0.274. The third-order valence-corrected chi connectivity index (χ3v) is 8.24. The maximum absolute atomic E-state index is 13.4. The van der Waals surface area contributed by atoms with E-state index >= 15 is 0 Å². The van der Waals surface area contributed by atoms with Gasteiger partial charge in [0.25, 0.3) is 0 Å². The number of rotatable bonds is 6. The molecule has 0 radical (unpaired) electrons. The third-order valence-electron chi connectivity index (χ3n) is 4.55. The van der Waals surface area contributed by atoms with E-state index in [4.69, 9.17) is 16.6 Å². The number of hydrogen-bond acceptors (Lipinski definition) is 5. The Morgan fingerprint density at radius 3 is 2.16 bits per heavy atom. The van der Waals surface area contributed by atoms with Crippen LogP contribution in [-0.2, 0) is 15.6 Å². The molecule has 4 aromatic rings. The molecule has 0 amide bonds. The summed E-state index contributed by atoms with van der Waals surface area (Å²) in [5, 5.41) is 0.696. The van der Waals surface area contributed by atoms with E-state index in [2.05, 4.69) is 0 Å². The predicted octanol–water partition coefficient (Wildman–Crippen LogP) is 6.97. The Morgan fingerprint density at radius 1 is 0.935 bits per heavy atom. The largest absolute Gasteiger partial charge is 0.229 e. The van der Waals surface area contributed by atoms with Crippen LogP contribution < -0.4 is 0 Å². The van der Waals surface area contributed by atoms with Crippen LogP contribution in [0.1, 0.15) is 5.56 Å². The molecule has 0 saturated heterocycles. The van der Waals surface area contributed by atoms with Gasteiger partial charge in [0.2, 0.25) is 0 Å². The van der Waals surface area contributed by atoms with Gasteiger partial charge in [0.1, 0.15) is 5.82 Å². The second-order valence-electron chi connectivity index (χ2n) is 6.88. The van der Waals surface area contributed by atoms with Gasteiger partial charge in [-0.1, -0.05) is 47.6 Å². The van der Waals surface area contributed by atoms with Crippen LogP contribution in [0.5, 0.6) is 0 Å². The normalized spacial score (nSPS) is 11.6. The van der Waals surface area contributed by atoms with Crippen molar-refractivity contribution in [1.29, 1.82) is 0 Å². The first kappa shape index (κ1) is 22.0. The molecule has 0 spiro atoms. The standard InChI is InChI=1S/C23H17ClFNO2S3/c1-31(27,28)20-12-6-17(7-13-20)22-21(16-4-10-19(25)11-5-16)26-23(30-22)29-14-15-2-8-18(24)9-3-15/h2-13H,14H2,1H3. The van der Waals surface area contributed by atoms with Gasteiger partial charge in [-0.3, -0.25) is 0 Å². The molecule has 0 saturated carbocycles. The highest BCUT2D eigenvalue weighted by Gasteiger charge is 2.17. The van der Waals surface area contributed by atoms with E-state index in [-0.39, 0.29) is 10.7 Å². The molecule has 3 nitrogen and oxygen atoms in total. The molecule has 0 unspecified atom stereocenters. The van der Waals surface area contributed by atoms with Crippen LogP contribution in [0.3, 0.4) is 0 Å². The number of aromatic nitrogens is 1. The van der Waals surface area contributed by atoms with Crippen molar-refractivity contribution in [2.75, 3.05) is 6.26 Å². The molecule has 0 aliphatic carbocycles. The van der Waals surface area contributed by atoms with Gasteiger partial charge in [-0.05, 0) is 59.7 Å². The maximum atomic E-state index is 13.4. The molecule has 31 heavy (non-hydrogen) atoms. The second kappa shape index (κ2) is 9.12. The molecule has 0 bridgehead atoms. The van der Waals surface area contributed by atoms with Crippen LogP contribution >= 0.6 is 34.7 Å². The zero-order valence-corrected chi connectivity index (χ0v) is 19.6. The molecule has 158 valence electrons. The summed E-state index contributed by atoms with van der Waals surface area (Å²) < 4.78 is 37.9. The molecule has 1 aromatic heterocycles. The number of thiazole rings is 1. The number of thioether (sulfide) groups is 1. The van der Waals surface area contributed by atoms with Gasteiger partial charge in [0, 0.05) is 22.6 Å². The molecule has 3 aromatic carbocycles. The Balaban J connectivity index is 1.70. The van der Waals surface area contributed by atoms with E-state index in [9.17, 15) is 12.8 Å². The Kier molecular flexibility index (Phi) is 6.48. The second-order valence-corrected chi connectivity index (χ2v) is 11.5. The molecule has 0 aliphatic heterocycles. The van der Waals surface area contributed by atoms with Gasteiger partial charge in [-0.2, -0.15) is 0 Å². The highest BCUT2D eigenvalue weighted by molar-refractivity contribution is 8.00. The van der Waals surface area contributed by atoms with Crippen molar-refractivity contribution in [1.82, 2.24) is 4.98 Å². The average molecular weight is 490 g/mol. The van der Waals surface area contributed by atoms with Crippen molar-refractivity contribution in [2.45, 2.75) is 15.0 Å². The fourth-order valence-electron chi connectivity index (χ4n) is 2.94. The van der Waals surface area contributed by atoms with E-state index in [0.29, 0.717) is 5.02 Å². The van der Waals surface area contributed by atoms with Gasteiger partial charge in [-0.25, -0.2) is 17.8 Å². The summed E-state index contributed by atoms with van der Waals surface area (Å²) in [7, 11) is -3.27. The van der Waals surface area contributed by atoms with Gasteiger partial charge in [-0.15, -0.1) is 11.3 Å². The van der Waals surface area contributed by atoms with Crippen molar-refractivity contribution < 1.29 is 12.8 Å². The van der Waals surface area contributed by atoms with Crippen LogP contribution in [0.2, 0.25) is 5.02 Å². The number of sulfone groups is 1. The minimum Gasteiger partial charge on any atom is -0.229 e. The van der Waals surface area contributed by atoms with Crippen molar-refractivity contribution in [2.24, 2.45) is 0 Å². The molecule has 4 rings (SSSR count). The summed E-state index contributed by atoms with van der Waals surface area (Å²) in [6.07, 6.45) is 1.18. The van der Waals surface area contributed by atoms with Crippen LogP contribution in [-0.4, -0.2) is 19.7 Å². The zero-order chi connectivity index (χ0) is 22.0. The number of halogens is 2. The van der Waals surface area contributed by atoms with Crippen molar-refractivity contribution in [3.63, 3.8) is 0 Å². The average Bonchev–Trinajstić information content (AvgIpc) is 3.18. The van der Waals surface area contributed by atoms with E-state index < -0.39 is 9.84 Å². The van der Waals surface area contributed by atoms with Crippen molar-refractivity contribution >= 4 is 44.5 Å². The van der Waals surface area contributed by atoms with E-state index in [1.165, 1.54) is 29.7 Å². The van der Waals surface area contributed by atoms with Gasteiger partial charge >= 0.3 is 0 Å². The maximum Gasteiger partial charge on any atom is 0.175 e. The minimum absolute atomic E-state index is 0.265. The summed E-state index contributed by atoms with van der Waals surface area (Å²) >= 11 is 9.10. The Bertz CT molecular complexity index is 1300. The van der Waals surface area contributed by atoms with Crippen molar-refractivity contribution in [3.05, 3.63) is 89.2 Å². The number of nitrogens with zero attached hydrogens (tertiary/aromatic N) is 1. The highest BCUT2D eigenvalue weighted by atomic mass is 35.5. The highest BCUT2D eigenvalue weighted by Crippen LogP contribution is 2.41. The molecule has 0 N–H and O–H groups in total. The molecular weight excluding hydrogens is 473 g/mol. The monoisotopic (exact) mass is 489 g/mol. The van der Waals surface area contributed by atoms with Crippen LogP contribution in [0.25, 0.3) is 21.7 Å². The fourth-order valence-corrected chi connectivity index (χ4v) is 5.82. The Morgan fingerprint density at radius 2 is 1.55 bits per heavy atom. The fraction of sp³-hybridized carbons (Fsp3) is 0.0870. The van der Waals surface area contributed by atoms with E-state index in [0.717, 1.165) is 37.4 Å². The SMILES string of the molecule is CS(=O)(=O)c1ccc(-c2sc(SCc3ccc(Cl)cc3)nc2-c2ccc(F)cc2)cc1. The van der Waals surface area contributed by atoms with Crippen LogP contribution in [0.15, 0.2) is 82.0 Å². The summed E-state index contributed by atoms with van der Waals surface area (Å²) in [6, 6.07) is 20.7. The predicted molar refractivity (Wildman–Crippen MR) is 127 cm³/mol. The summed E-state index contributed by atoms with van der Waals surface area (Å²) in [5.41, 5.74) is 3.54. The summed E-state index contributed by atoms with van der Waals surface area (Å²) in [6.45, 7) is 0. The lowest BCUT2D eigenvalue weighted by molar-refractivity contribution is 0.602. The first-order valence-electron chi connectivity index (χ1n) is 9.24. The molecular formula is C23H17ClFNO2S3. The molecule has 8 heteroatoms. The number of hydrogen-bond donors (Lipinski definition) is 0. The lowest BCUT2D eigenvalue weighted by atomic mass is 10.1. The van der Waals surface area contributed by atoms with Gasteiger partial charge < -0.3 is 0 Å². The summed E-state index contributed by atoms with van der Waals surface area (Å²) in [5.74, 6) is 0.426. The summed E-state index contributed by atoms with van der Waals surface area (Å²) in [4.78, 5) is 5.98. The third kappa shape index (κ3) is 5.36. The number of benzene rings is 3. The van der Waals surface area contributed by atoms with E-state index in [1.807, 2.05) is 24.3 Å². The van der Waals surface area contributed by atoms with Gasteiger partial charge in [0.15, 0.2) is 14.2 Å². The first-order valence-corrected chi connectivity index (χ1v) is 13.3. The van der Waals surface area contributed by atoms with Crippen molar-refractivity contribution in [3.8, 4) is 21.7 Å². The Labute approximate surface area is 193 Å². The smallest absolute Gasteiger partial charge is 0.175 e. The minimum atomic E-state index is -3.27. The first-order chi connectivity index (χ1) is 14.8. The molecule has 0 aliphatic rings. The zero-order valence-electron chi connectivity index (χ0n) is 16.4. The molecule has 0 fully saturated rings. The van der Waals surface area contributed by atoms with Crippen LogP contribution in [0, 0.1) is 5.82 Å². The Hall–Kier alpha value is -2.19. The van der Waals surface area contributed by atoms with Crippen LogP contribution in [0.4, 0.5) is 4.39 Å². The topological polar surface area (TPSA) is 47.0 Å². The molecule has 0 atom stereocenters. The lowest BCUT2D eigenvalue weighted by Crippen LogP contribution is -1.96. The lowest BCUT2D eigenvalue weighted by Gasteiger charge is -2.04. The van der Waals surface area contributed by atoms with Gasteiger partial charge in [0.05, 0.1) is 15.5 Å². The van der Waals surface area contributed by atoms with E-state index in [1.54, 1.807) is 48.2 Å².